The van der Waals surface area contributed by atoms with Gasteiger partial charge < -0.3 is 5.73 Å². The first-order valence-corrected chi connectivity index (χ1v) is 8.54. The van der Waals surface area contributed by atoms with Crippen molar-refractivity contribution in [3.8, 4) is 0 Å². The Hall–Kier alpha value is -0.540. The van der Waals surface area contributed by atoms with E-state index in [-0.39, 0.29) is 6.04 Å². The van der Waals surface area contributed by atoms with Crippen LogP contribution in [-0.4, -0.2) is 6.04 Å². The molecular weight excluding hydrogens is 309 g/mol. The highest BCUT2D eigenvalue weighted by atomic mass is 35.5. The molecule has 2 aromatic rings. The quantitative estimate of drug-likeness (QED) is 0.840. The van der Waals surface area contributed by atoms with Crippen molar-refractivity contribution in [3.05, 3.63) is 55.7 Å². The summed E-state index contributed by atoms with van der Waals surface area (Å²) in [5, 5.41) is 3.57. The molecule has 4 heteroatoms. The first kappa shape index (κ1) is 14.4. The van der Waals surface area contributed by atoms with Gasteiger partial charge in [0.15, 0.2) is 0 Å². The number of thiophene rings is 1. The summed E-state index contributed by atoms with van der Waals surface area (Å²) in [6.45, 7) is 0. The zero-order valence-corrected chi connectivity index (χ0v) is 13.4. The maximum Gasteiger partial charge on any atom is 0.0453 e. The Morgan fingerprint density at radius 2 is 2.15 bits per heavy atom. The van der Waals surface area contributed by atoms with Crippen molar-refractivity contribution in [1.29, 1.82) is 0 Å². The van der Waals surface area contributed by atoms with E-state index in [0.717, 1.165) is 12.0 Å². The Labute approximate surface area is 133 Å². The zero-order valence-electron chi connectivity index (χ0n) is 11.1. The number of halogens is 2. The Bertz CT molecular complexity index is 608. The van der Waals surface area contributed by atoms with Gasteiger partial charge in [-0.15, -0.1) is 11.3 Å². The number of hydrogen-bond donors (Lipinski definition) is 1. The van der Waals surface area contributed by atoms with Crippen LogP contribution < -0.4 is 5.73 Å². The van der Waals surface area contributed by atoms with E-state index in [9.17, 15) is 0 Å². The third kappa shape index (κ3) is 2.89. The summed E-state index contributed by atoms with van der Waals surface area (Å²) in [5.74, 6) is 0.455. The molecule has 1 aliphatic rings. The molecule has 2 atom stereocenters. The van der Waals surface area contributed by atoms with Crippen LogP contribution in [0.2, 0.25) is 10.0 Å². The van der Waals surface area contributed by atoms with Crippen LogP contribution in [0.3, 0.4) is 0 Å². The number of benzene rings is 1. The van der Waals surface area contributed by atoms with Crippen molar-refractivity contribution in [2.45, 2.75) is 37.6 Å². The highest BCUT2D eigenvalue weighted by Gasteiger charge is 2.26. The lowest BCUT2D eigenvalue weighted by Gasteiger charge is -2.28. The molecule has 1 aromatic heterocycles. The molecular formula is C16H17Cl2NS. The van der Waals surface area contributed by atoms with Gasteiger partial charge in [0.1, 0.15) is 0 Å². The Morgan fingerprint density at radius 3 is 2.95 bits per heavy atom. The van der Waals surface area contributed by atoms with Crippen LogP contribution in [0.4, 0.5) is 0 Å². The molecule has 1 aromatic carbocycles. The standard InChI is InChI=1S/C16H17Cl2NS/c17-11-5-4-10(14(18)9-11)8-15(19)12-2-1-3-16-13(12)6-7-20-16/h4-7,9,12,15H,1-3,8,19H2. The second kappa shape index (κ2) is 6.07. The lowest BCUT2D eigenvalue weighted by Crippen LogP contribution is -2.32. The fourth-order valence-electron chi connectivity index (χ4n) is 3.05. The molecule has 0 spiro atoms. The molecule has 1 aliphatic carbocycles. The maximum atomic E-state index is 6.47. The van der Waals surface area contributed by atoms with Crippen LogP contribution in [-0.2, 0) is 12.8 Å². The number of fused-ring (bicyclic) bond motifs is 1. The molecule has 0 bridgehead atoms. The third-order valence-electron chi connectivity index (χ3n) is 4.09. The highest BCUT2D eigenvalue weighted by molar-refractivity contribution is 7.10. The molecule has 0 amide bonds. The van der Waals surface area contributed by atoms with Crippen LogP contribution in [0.25, 0.3) is 0 Å². The molecule has 20 heavy (non-hydrogen) atoms. The molecule has 0 radical (unpaired) electrons. The van der Waals surface area contributed by atoms with Crippen molar-refractivity contribution < 1.29 is 0 Å². The van der Waals surface area contributed by atoms with Crippen molar-refractivity contribution in [1.82, 2.24) is 0 Å². The monoisotopic (exact) mass is 325 g/mol. The third-order valence-corrected chi connectivity index (χ3v) is 5.67. The average molecular weight is 326 g/mol. The second-order valence-corrected chi connectivity index (χ2v) is 7.25. The van der Waals surface area contributed by atoms with E-state index in [4.69, 9.17) is 28.9 Å². The highest BCUT2D eigenvalue weighted by Crippen LogP contribution is 2.37. The molecule has 1 heterocycles. The summed E-state index contributed by atoms with van der Waals surface area (Å²) in [6, 6.07) is 8.02. The predicted octanol–water partition coefficient (Wildman–Crippen LogP) is 5.04. The summed E-state index contributed by atoms with van der Waals surface area (Å²) in [7, 11) is 0. The summed E-state index contributed by atoms with van der Waals surface area (Å²) < 4.78 is 0. The van der Waals surface area contributed by atoms with Crippen LogP contribution in [0.5, 0.6) is 0 Å². The van der Waals surface area contributed by atoms with E-state index in [1.54, 1.807) is 6.07 Å². The molecule has 1 nitrogen and oxygen atoms in total. The van der Waals surface area contributed by atoms with Gasteiger partial charge in [-0.25, -0.2) is 0 Å². The Kier molecular flexibility index (Phi) is 4.37. The summed E-state index contributed by atoms with van der Waals surface area (Å²) in [6.07, 6.45) is 4.42. The molecule has 2 unspecified atom stereocenters. The Balaban J connectivity index is 1.79. The van der Waals surface area contributed by atoms with Crippen molar-refractivity contribution in [2.75, 3.05) is 0 Å². The zero-order chi connectivity index (χ0) is 14.1. The largest absolute Gasteiger partial charge is 0.327 e. The smallest absolute Gasteiger partial charge is 0.0453 e. The van der Waals surface area contributed by atoms with Gasteiger partial charge in [-0.05, 0) is 60.4 Å². The van der Waals surface area contributed by atoms with Crippen molar-refractivity contribution in [3.63, 3.8) is 0 Å². The minimum absolute atomic E-state index is 0.113. The van der Waals surface area contributed by atoms with Gasteiger partial charge in [0, 0.05) is 26.9 Å². The molecule has 0 aliphatic heterocycles. The second-order valence-electron chi connectivity index (χ2n) is 5.40. The molecule has 0 fully saturated rings. The summed E-state index contributed by atoms with van der Waals surface area (Å²) in [4.78, 5) is 1.51. The van der Waals surface area contributed by atoms with Gasteiger partial charge in [-0.2, -0.15) is 0 Å². The number of aryl methyl sites for hydroxylation is 1. The van der Waals surface area contributed by atoms with Gasteiger partial charge in [-0.1, -0.05) is 29.3 Å². The molecule has 0 saturated carbocycles. The van der Waals surface area contributed by atoms with E-state index in [0.29, 0.717) is 16.0 Å². The van der Waals surface area contributed by atoms with Crippen LogP contribution in [0, 0.1) is 0 Å². The van der Waals surface area contributed by atoms with Crippen LogP contribution >= 0.6 is 34.5 Å². The van der Waals surface area contributed by atoms with Gasteiger partial charge in [0.25, 0.3) is 0 Å². The minimum Gasteiger partial charge on any atom is -0.327 e. The molecule has 106 valence electrons. The lowest BCUT2D eigenvalue weighted by atomic mass is 9.81. The summed E-state index contributed by atoms with van der Waals surface area (Å²) >= 11 is 14.1. The average Bonchev–Trinajstić information content (AvgIpc) is 2.90. The topological polar surface area (TPSA) is 26.0 Å². The minimum atomic E-state index is 0.113. The van der Waals surface area contributed by atoms with E-state index in [1.807, 2.05) is 23.5 Å². The van der Waals surface area contributed by atoms with Gasteiger partial charge >= 0.3 is 0 Å². The van der Waals surface area contributed by atoms with Crippen molar-refractivity contribution in [2.24, 2.45) is 5.73 Å². The SMILES string of the molecule is NC(Cc1ccc(Cl)cc1Cl)C1CCCc2sccc21. The first-order valence-electron chi connectivity index (χ1n) is 6.91. The van der Waals surface area contributed by atoms with Crippen LogP contribution in [0.15, 0.2) is 29.6 Å². The summed E-state index contributed by atoms with van der Waals surface area (Å²) in [5.41, 5.74) is 9.02. The van der Waals surface area contributed by atoms with E-state index >= 15 is 0 Å². The van der Waals surface area contributed by atoms with E-state index < -0.39 is 0 Å². The predicted molar refractivity (Wildman–Crippen MR) is 88.1 cm³/mol. The van der Waals surface area contributed by atoms with Gasteiger partial charge in [-0.3, -0.25) is 0 Å². The normalized spacial score (nSPS) is 19.6. The fourth-order valence-corrected chi connectivity index (χ4v) is 4.53. The van der Waals surface area contributed by atoms with E-state index in [1.165, 1.54) is 29.7 Å². The number of rotatable bonds is 3. The maximum absolute atomic E-state index is 6.47. The number of nitrogens with two attached hydrogens (primary N) is 1. The van der Waals surface area contributed by atoms with Crippen LogP contribution in [0.1, 0.15) is 34.8 Å². The lowest BCUT2D eigenvalue weighted by molar-refractivity contribution is 0.464. The first-order chi connectivity index (χ1) is 9.65. The molecule has 3 rings (SSSR count). The fraction of sp³-hybridized carbons (Fsp3) is 0.375. The Morgan fingerprint density at radius 1 is 1.30 bits per heavy atom. The van der Waals surface area contributed by atoms with Crippen molar-refractivity contribution >= 4 is 34.5 Å². The number of hydrogen-bond acceptors (Lipinski definition) is 2. The van der Waals surface area contributed by atoms with Gasteiger partial charge in [0.2, 0.25) is 0 Å². The molecule has 0 saturated heterocycles. The van der Waals surface area contributed by atoms with E-state index in [2.05, 4.69) is 11.4 Å². The van der Waals surface area contributed by atoms with Gasteiger partial charge in [0.05, 0.1) is 0 Å². The molecule has 2 N–H and O–H groups in total.